The highest BCUT2D eigenvalue weighted by molar-refractivity contribution is 7.87. The van der Waals surface area contributed by atoms with Gasteiger partial charge in [-0.25, -0.2) is 9.78 Å². The van der Waals surface area contributed by atoms with E-state index in [0.717, 1.165) is 11.1 Å². The Labute approximate surface area is 242 Å². The molecule has 0 saturated heterocycles. The number of benzene rings is 3. The van der Waals surface area contributed by atoms with Gasteiger partial charge in [-0.2, -0.15) is 8.42 Å². The molecule has 1 atom stereocenters. The zero-order valence-electron chi connectivity index (χ0n) is 22.6. The van der Waals surface area contributed by atoms with Gasteiger partial charge in [0.2, 0.25) is 5.91 Å². The molecule has 0 spiro atoms. The van der Waals surface area contributed by atoms with Crippen molar-refractivity contribution in [3.8, 4) is 21.8 Å². The van der Waals surface area contributed by atoms with Gasteiger partial charge < -0.3 is 15.4 Å². The van der Waals surface area contributed by atoms with Crippen LogP contribution < -0.4 is 15.4 Å². The third-order valence-electron chi connectivity index (χ3n) is 5.58. The van der Waals surface area contributed by atoms with E-state index in [4.69, 9.17) is 14.3 Å². The molecule has 0 bridgehead atoms. The molecule has 4 aromatic rings. The van der Waals surface area contributed by atoms with Gasteiger partial charge in [-0.15, -0.1) is 0 Å². The standard InChI is InChI=1S/C29H30N4O6S2/c1-29(2,3)39-28(35)30-23(18-19-10-6-4-7-11-19)25(34)32-27-24(31-26(40-27)21-12-8-5-9-13-21)20-14-16-22(17-15-20)33-41(36,37)38/h4-17,23,33H,18H2,1-3H3,(H,30,35)(H,32,34)(H,36,37,38)/t23-/m0/s1. The third kappa shape index (κ3) is 8.87. The zero-order chi connectivity index (χ0) is 29.6. The van der Waals surface area contributed by atoms with Crippen molar-refractivity contribution >= 4 is 44.3 Å². The average molecular weight is 595 g/mol. The number of nitrogens with zero attached hydrogens (tertiary/aromatic N) is 1. The van der Waals surface area contributed by atoms with Crippen LogP contribution in [-0.4, -0.2) is 41.6 Å². The Balaban J connectivity index is 1.67. The smallest absolute Gasteiger partial charge is 0.408 e. The number of ether oxygens (including phenoxy) is 1. The van der Waals surface area contributed by atoms with Crippen molar-refractivity contribution in [3.63, 3.8) is 0 Å². The molecule has 214 valence electrons. The van der Waals surface area contributed by atoms with E-state index < -0.39 is 33.9 Å². The van der Waals surface area contributed by atoms with E-state index in [1.807, 2.05) is 65.4 Å². The minimum absolute atomic E-state index is 0.157. The number of aromatic nitrogens is 1. The first-order valence-corrected chi connectivity index (χ1v) is 14.9. The molecule has 3 aromatic carbocycles. The number of carbonyl (C=O) groups excluding carboxylic acids is 2. The molecule has 0 aliphatic heterocycles. The van der Waals surface area contributed by atoms with E-state index in [0.29, 0.717) is 21.3 Å². The molecule has 0 unspecified atom stereocenters. The summed E-state index contributed by atoms with van der Waals surface area (Å²) in [5, 5.41) is 6.71. The quantitative estimate of drug-likeness (QED) is 0.180. The number of amides is 2. The van der Waals surface area contributed by atoms with Crippen molar-refractivity contribution in [2.75, 3.05) is 10.0 Å². The lowest BCUT2D eigenvalue weighted by atomic mass is 10.1. The topological polar surface area (TPSA) is 147 Å². The van der Waals surface area contributed by atoms with Gasteiger partial charge in [-0.05, 0) is 38.5 Å². The maximum Gasteiger partial charge on any atom is 0.408 e. The first kappa shape index (κ1) is 29.7. The predicted octanol–water partition coefficient (Wildman–Crippen LogP) is 5.77. The highest BCUT2D eigenvalue weighted by atomic mass is 32.2. The Bertz CT molecular complexity index is 1600. The van der Waals surface area contributed by atoms with Crippen LogP contribution in [0, 0.1) is 0 Å². The lowest BCUT2D eigenvalue weighted by molar-refractivity contribution is -0.118. The van der Waals surface area contributed by atoms with Crippen molar-refractivity contribution in [2.24, 2.45) is 0 Å². The van der Waals surface area contributed by atoms with Crippen LogP contribution in [0.3, 0.4) is 0 Å². The minimum Gasteiger partial charge on any atom is -0.444 e. The molecular weight excluding hydrogens is 564 g/mol. The summed E-state index contributed by atoms with van der Waals surface area (Å²) in [6.45, 7) is 5.22. The summed E-state index contributed by atoms with van der Waals surface area (Å²) in [4.78, 5) is 31.1. The molecule has 0 saturated carbocycles. The Hall–Kier alpha value is -4.26. The molecular formula is C29H30N4O6S2. The van der Waals surface area contributed by atoms with Gasteiger partial charge in [0.25, 0.3) is 0 Å². The van der Waals surface area contributed by atoms with Crippen molar-refractivity contribution in [2.45, 2.75) is 38.8 Å². The van der Waals surface area contributed by atoms with Crippen LogP contribution in [0.2, 0.25) is 0 Å². The van der Waals surface area contributed by atoms with Gasteiger partial charge in [0.1, 0.15) is 27.3 Å². The number of hydrogen-bond acceptors (Lipinski definition) is 7. The molecule has 0 aliphatic rings. The van der Waals surface area contributed by atoms with E-state index >= 15 is 0 Å². The lowest BCUT2D eigenvalue weighted by Gasteiger charge is -2.23. The SMILES string of the molecule is CC(C)(C)OC(=O)N[C@@H](Cc1ccccc1)C(=O)Nc1sc(-c2ccccc2)nc1-c1ccc(NS(=O)(=O)O)cc1. The van der Waals surface area contributed by atoms with Gasteiger partial charge >= 0.3 is 16.4 Å². The van der Waals surface area contributed by atoms with E-state index in [-0.39, 0.29) is 12.1 Å². The first-order valence-electron chi connectivity index (χ1n) is 12.6. The van der Waals surface area contributed by atoms with Crippen LogP contribution in [0.5, 0.6) is 0 Å². The van der Waals surface area contributed by atoms with Gasteiger partial charge in [0.05, 0.1) is 5.69 Å². The maximum atomic E-state index is 13.7. The van der Waals surface area contributed by atoms with Crippen molar-refractivity contribution in [1.82, 2.24) is 10.3 Å². The first-order chi connectivity index (χ1) is 19.4. The number of carbonyl (C=O) groups is 2. The molecule has 10 nitrogen and oxygen atoms in total. The van der Waals surface area contributed by atoms with E-state index in [1.54, 1.807) is 32.9 Å². The number of alkyl carbamates (subject to hydrolysis) is 1. The molecule has 0 aliphatic carbocycles. The summed E-state index contributed by atoms with van der Waals surface area (Å²) in [7, 11) is -4.43. The van der Waals surface area contributed by atoms with Crippen LogP contribution in [-0.2, 0) is 26.3 Å². The van der Waals surface area contributed by atoms with Crippen molar-refractivity contribution < 1.29 is 27.3 Å². The van der Waals surface area contributed by atoms with Gasteiger partial charge in [0, 0.05) is 17.5 Å². The van der Waals surface area contributed by atoms with E-state index in [2.05, 4.69) is 10.6 Å². The van der Waals surface area contributed by atoms with Crippen molar-refractivity contribution in [1.29, 1.82) is 0 Å². The fraction of sp³-hybridized carbons (Fsp3) is 0.207. The molecule has 4 rings (SSSR count). The molecule has 41 heavy (non-hydrogen) atoms. The van der Waals surface area contributed by atoms with E-state index in [1.165, 1.54) is 23.5 Å². The van der Waals surface area contributed by atoms with E-state index in [9.17, 15) is 18.0 Å². The van der Waals surface area contributed by atoms with Gasteiger partial charge in [0.15, 0.2) is 0 Å². The van der Waals surface area contributed by atoms with Crippen LogP contribution in [0.25, 0.3) is 21.8 Å². The monoisotopic (exact) mass is 594 g/mol. The predicted molar refractivity (Wildman–Crippen MR) is 160 cm³/mol. The summed E-state index contributed by atoms with van der Waals surface area (Å²) >= 11 is 1.26. The van der Waals surface area contributed by atoms with Crippen LogP contribution in [0.1, 0.15) is 26.3 Å². The molecule has 1 heterocycles. The van der Waals surface area contributed by atoms with Gasteiger partial charge in [-0.1, -0.05) is 84.1 Å². The summed E-state index contributed by atoms with van der Waals surface area (Å²) < 4.78 is 38.8. The fourth-order valence-electron chi connectivity index (χ4n) is 3.86. The third-order valence-corrected chi connectivity index (χ3v) is 7.09. The normalized spacial score (nSPS) is 12.3. The summed E-state index contributed by atoms with van der Waals surface area (Å²) in [6, 6.07) is 24.0. The number of rotatable bonds is 9. The van der Waals surface area contributed by atoms with Crippen molar-refractivity contribution in [3.05, 3.63) is 90.5 Å². The Morgan fingerprint density at radius 3 is 2.12 bits per heavy atom. The second-order valence-electron chi connectivity index (χ2n) is 10.1. The highest BCUT2D eigenvalue weighted by Crippen LogP contribution is 2.38. The summed E-state index contributed by atoms with van der Waals surface area (Å²) in [6.07, 6.45) is -0.494. The molecule has 12 heteroatoms. The van der Waals surface area contributed by atoms with Crippen LogP contribution in [0.4, 0.5) is 15.5 Å². The molecule has 0 radical (unpaired) electrons. The number of hydrogen-bond donors (Lipinski definition) is 4. The Morgan fingerprint density at radius 2 is 1.54 bits per heavy atom. The second kappa shape index (κ2) is 12.5. The lowest BCUT2D eigenvalue weighted by Crippen LogP contribution is -2.47. The largest absolute Gasteiger partial charge is 0.444 e. The Morgan fingerprint density at radius 1 is 0.927 bits per heavy atom. The summed E-state index contributed by atoms with van der Waals surface area (Å²) in [5.41, 5.74) is 2.15. The fourth-order valence-corrected chi connectivity index (χ4v) is 5.29. The molecule has 4 N–H and O–H groups in total. The van der Waals surface area contributed by atoms with Crippen LogP contribution >= 0.6 is 11.3 Å². The summed E-state index contributed by atoms with van der Waals surface area (Å²) in [5.74, 6) is -0.464. The van der Waals surface area contributed by atoms with Crippen LogP contribution in [0.15, 0.2) is 84.9 Å². The van der Waals surface area contributed by atoms with Gasteiger partial charge in [-0.3, -0.25) is 14.1 Å². The average Bonchev–Trinajstić information content (AvgIpc) is 3.31. The molecule has 2 amide bonds. The second-order valence-corrected chi connectivity index (χ2v) is 12.2. The number of thiazole rings is 1. The molecule has 0 fully saturated rings. The Kier molecular flexibility index (Phi) is 9.06. The zero-order valence-corrected chi connectivity index (χ0v) is 24.3. The minimum atomic E-state index is -4.43. The molecule has 1 aromatic heterocycles. The number of anilines is 2. The maximum absolute atomic E-state index is 13.7. The highest BCUT2D eigenvalue weighted by Gasteiger charge is 2.27. The number of nitrogens with one attached hydrogen (secondary N) is 3.